The third-order valence-electron chi connectivity index (χ3n) is 5.31. The van der Waals surface area contributed by atoms with E-state index in [-0.39, 0.29) is 11.9 Å². The number of carbonyl (C=O) groups is 1. The average molecular weight is 376 g/mol. The molecule has 0 saturated carbocycles. The van der Waals surface area contributed by atoms with Gasteiger partial charge in [0, 0.05) is 35.8 Å². The predicted octanol–water partition coefficient (Wildman–Crippen LogP) is 4.47. The Morgan fingerprint density at radius 2 is 1.82 bits per heavy atom. The van der Waals surface area contributed by atoms with Crippen LogP contribution in [0.3, 0.4) is 0 Å². The highest BCUT2D eigenvalue weighted by Gasteiger charge is 2.32. The van der Waals surface area contributed by atoms with Gasteiger partial charge in [-0.3, -0.25) is 4.79 Å². The lowest BCUT2D eigenvalue weighted by Gasteiger charge is -2.27. The molecule has 28 heavy (non-hydrogen) atoms. The maximum absolute atomic E-state index is 13.4. The van der Waals surface area contributed by atoms with Gasteiger partial charge in [-0.25, -0.2) is 0 Å². The third kappa shape index (κ3) is 3.36. The van der Waals surface area contributed by atoms with Crippen LogP contribution in [-0.2, 0) is 0 Å². The summed E-state index contributed by atoms with van der Waals surface area (Å²) in [5, 5.41) is 0. The van der Waals surface area contributed by atoms with Gasteiger partial charge in [0.15, 0.2) is 0 Å². The Labute approximate surface area is 165 Å². The molecule has 0 N–H and O–H groups in total. The van der Waals surface area contributed by atoms with Gasteiger partial charge >= 0.3 is 0 Å². The van der Waals surface area contributed by atoms with Crippen LogP contribution in [0.15, 0.2) is 67.0 Å². The SMILES string of the molecule is COc1ccc(OC)c([C@@H]2CCCN2C(=O)c2cccc(-n3cccc3)c2)c1. The van der Waals surface area contributed by atoms with E-state index in [1.165, 1.54) is 0 Å². The van der Waals surface area contributed by atoms with Gasteiger partial charge in [-0.05, 0) is 61.4 Å². The van der Waals surface area contributed by atoms with Gasteiger partial charge < -0.3 is 18.9 Å². The number of hydrogen-bond donors (Lipinski definition) is 0. The number of hydrogen-bond acceptors (Lipinski definition) is 3. The van der Waals surface area contributed by atoms with Crippen molar-refractivity contribution in [2.45, 2.75) is 18.9 Å². The first-order valence-electron chi connectivity index (χ1n) is 9.47. The van der Waals surface area contributed by atoms with Gasteiger partial charge in [0.05, 0.1) is 20.3 Å². The first-order chi connectivity index (χ1) is 13.7. The van der Waals surface area contributed by atoms with Crippen molar-refractivity contribution in [1.29, 1.82) is 0 Å². The van der Waals surface area contributed by atoms with Crippen molar-refractivity contribution < 1.29 is 14.3 Å². The van der Waals surface area contributed by atoms with Crippen LogP contribution in [0.25, 0.3) is 5.69 Å². The smallest absolute Gasteiger partial charge is 0.254 e. The van der Waals surface area contributed by atoms with Crippen LogP contribution in [0.1, 0.15) is 34.8 Å². The Bertz CT molecular complexity index is 966. The monoisotopic (exact) mass is 376 g/mol. The maximum atomic E-state index is 13.4. The molecule has 0 radical (unpaired) electrons. The molecular formula is C23H24N2O3. The first kappa shape index (κ1) is 18.2. The van der Waals surface area contributed by atoms with Gasteiger partial charge in [0.2, 0.25) is 0 Å². The summed E-state index contributed by atoms with van der Waals surface area (Å²) in [5.74, 6) is 1.60. The highest BCUT2D eigenvalue weighted by Crippen LogP contribution is 2.39. The lowest BCUT2D eigenvalue weighted by molar-refractivity contribution is 0.0734. The van der Waals surface area contributed by atoms with Crippen LogP contribution in [0.5, 0.6) is 11.5 Å². The zero-order valence-corrected chi connectivity index (χ0v) is 16.2. The Kier molecular flexibility index (Phi) is 5.06. The van der Waals surface area contributed by atoms with Gasteiger partial charge in [0.1, 0.15) is 11.5 Å². The molecule has 0 spiro atoms. The molecule has 1 fully saturated rings. The van der Waals surface area contributed by atoms with Crippen molar-refractivity contribution in [2.75, 3.05) is 20.8 Å². The standard InChI is InChI=1S/C23H24N2O3/c1-27-19-10-11-22(28-2)20(16-19)21-9-6-14-25(21)23(26)17-7-5-8-18(15-17)24-12-3-4-13-24/h3-5,7-8,10-13,15-16,21H,6,9,14H2,1-2H3/t21-/m0/s1. The zero-order valence-electron chi connectivity index (χ0n) is 16.2. The van der Waals surface area contributed by atoms with Crippen LogP contribution in [0.4, 0.5) is 0 Å². The van der Waals surface area contributed by atoms with Gasteiger partial charge in [-0.2, -0.15) is 0 Å². The van der Waals surface area contributed by atoms with E-state index in [1.807, 2.05) is 76.5 Å². The lowest BCUT2D eigenvalue weighted by Crippen LogP contribution is -2.30. The Morgan fingerprint density at radius 1 is 1.00 bits per heavy atom. The van der Waals surface area contributed by atoms with Crippen LogP contribution in [-0.4, -0.2) is 36.1 Å². The van der Waals surface area contributed by atoms with Gasteiger partial charge in [-0.15, -0.1) is 0 Å². The molecule has 1 aromatic heterocycles. The number of nitrogens with zero attached hydrogens (tertiary/aromatic N) is 2. The van der Waals surface area contributed by atoms with E-state index in [9.17, 15) is 4.79 Å². The molecule has 1 aliphatic rings. The maximum Gasteiger partial charge on any atom is 0.254 e. The van der Waals surface area contributed by atoms with Crippen LogP contribution < -0.4 is 9.47 Å². The molecule has 1 saturated heterocycles. The topological polar surface area (TPSA) is 43.7 Å². The molecular weight excluding hydrogens is 352 g/mol. The number of methoxy groups -OCH3 is 2. The summed E-state index contributed by atoms with van der Waals surface area (Å²) in [5.41, 5.74) is 2.67. The van der Waals surface area contributed by atoms with E-state index >= 15 is 0 Å². The summed E-state index contributed by atoms with van der Waals surface area (Å²) < 4.78 is 13.0. The Morgan fingerprint density at radius 3 is 2.57 bits per heavy atom. The third-order valence-corrected chi connectivity index (χ3v) is 5.31. The first-order valence-corrected chi connectivity index (χ1v) is 9.47. The second kappa shape index (κ2) is 7.80. The molecule has 0 unspecified atom stereocenters. The minimum Gasteiger partial charge on any atom is -0.497 e. The highest BCUT2D eigenvalue weighted by atomic mass is 16.5. The Hall–Kier alpha value is -3.21. The number of carbonyl (C=O) groups excluding carboxylic acids is 1. The summed E-state index contributed by atoms with van der Waals surface area (Å²) in [6, 6.07) is 17.4. The van der Waals surface area contributed by atoms with E-state index in [0.717, 1.165) is 42.1 Å². The molecule has 1 atom stereocenters. The van der Waals surface area contributed by atoms with Crippen LogP contribution in [0, 0.1) is 0 Å². The number of likely N-dealkylation sites (tertiary alicyclic amines) is 1. The fraction of sp³-hybridized carbons (Fsp3) is 0.261. The number of amides is 1. The molecule has 4 rings (SSSR count). The largest absolute Gasteiger partial charge is 0.497 e. The molecule has 2 aromatic carbocycles. The quantitative estimate of drug-likeness (QED) is 0.660. The van der Waals surface area contributed by atoms with Crippen molar-refractivity contribution in [3.63, 3.8) is 0 Å². The van der Waals surface area contributed by atoms with E-state index < -0.39 is 0 Å². The molecule has 1 aliphatic heterocycles. The molecule has 5 nitrogen and oxygen atoms in total. The fourth-order valence-electron chi connectivity index (χ4n) is 3.90. The van der Waals surface area contributed by atoms with Crippen molar-refractivity contribution in [2.24, 2.45) is 0 Å². The second-order valence-corrected chi connectivity index (χ2v) is 6.91. The number of ether oxygens (including phenoxy) is 2. The average Bonchev–Trinajstić information content (AvgIpc) is 3.45. The molecule has 0 aliphatic carbocycles. The molecule has 2 heterocycles. The van der Waals surface area contributed by atoms with E-state index in [4.69, 9.17) is 9.47 Å². The van der Waals surface area contributed by atoms with Crippen LogP contribution in [0.2, 0.25) is 0 Å². The molecule has 1 amide bonds. The number of benzene rings is 2. The van der Waals surface area contributed by atoms with Crippen molar-refractivity contribution in [3.05, 3.63) is 78.1 Å². The van der Waals surface area contributed by atoms with E-state index in [2.05, 4.69) is 0 Å². The number of rotatable bonds is 5. The summed E-state index contributed by atoms with van der Waals surface area (Å²) in [7, 11) is 3.31. The Balaban J connectivity index is 1.66. The van der Waals surface area contributed by atoms with E-state index in [1.54, 1.807) is 14.2 Å². The molecule has 144 valence electrons. The van der Waals surface area contributed by atoms with Crippen molar-refractivity contribution >= 4 is 5.91 Å². The van der Waals surface area contributed by atoms with E-state index in [0.29, 0.717) is 5.56 Å². The molecule has 0 bridgehead atoms. The lowest BCUT2D eigenvalue weighted by atomic mass is 10.0. The minimum atomic E-state index is -0.0206. The summed E-state index contributed by atoms with van der Waals surface area (Å²) in [4.78, 5) is 15.3. The molecule has 5 heteroatoms. The highest BCUT2D eigenvalue weighted by molar-refractivity contribution is 5.95. The zero-order chi connectivity index (χ0) is 19.5. The van der Waals surface area contributed by atoms with Crippen LogP contribution >= 0.6 is 0 Å². The summed E-state index contributed by atoms with van der Waals surface area (Å²) in [6.45, 7) is 0.734. The van der Waals surface area contributed by atoms with Gasteiger partial charge in [-0.1, -0.05) is 6.07 Å². The second-order valence-electron chi connectivity index (χ2n) is 6.91. The number of aromatic nitrogens is 1. The molecule has 3 aromatic rings. The summed E-state index contributed by atoms with van der Waals surface area (Å²) in [6.07, 6.45) is 5.83. The fourth-order valence-corrected chi connectivity index (χ4v) is 3.90. The normalized spacial score (nSPS) is 16.2. The predicted molar refractivity (Wildman–Crippen MR) is 108 cm³/mol. The minimum absolute atomic E-state index is 0.0206. The summed E-state index contributed by atoms with van der Waals surface area (Å²) >= 11 is 0. The van der Waals surface area contributed by atoms with Crippen molar-refractivity contribution in [1.82, 2.24) is 9.47 Å². The van der Waals surface area contributed by atoms with Crippen molar-refractivity contribution in [3.8, 4) is 17.2 Å². The van der Waals surface area contributed by atoms with Gasteiger partial charge in [0.25, 0.3) is 5.91 Å².